The number of ether oxygens (including phenoxy) is 1. The molecule has 1 unspecified atom stereocenters. The van der Waals surface area contributed by atoms with E-state index in [0.29, 0.717) is 21.3 Å². The van der Waals surface area contributed by atoms with Crippen molar-refractivity contribution in [2.75, 3.05) is 6.61 Å². The summed E-state index contributed by atoms with van der Waals surface area (Å²) < 4.78 is 6.49. The van der Waals surface area contributed by atoms with Crippen molar-refractivity contribution in [1.82, 2.24) is 9.55 Å². The Morgan fingerprint density at radius 1 is 1.29 bits per heavy atom. The van der Waals surface area contributed by atoms with Gasteiger partial charge in [-0.25, -0.2) is 9.78 Å². The molecule has 0 radical (unpaired) electrons. The fourth-order valence-corrected chi connectivity index (χ4v) is 3.59. The first kappa shape index (κ1) is 19.7. The van der Waals surface area contributed by atoms with Crippen molar-refractivity contribution in [3.8, 4) is 11.1 Å². The first-order valence-electron chi connectivity index (χ1n) is 8.69. The summed E-state index contributed by atoms with van der Waals surface area (Å²) in [5.41, 5.74) is 0.918. The van der Waals surface area contributed by atoms with E-state index in [2.05, 4.69) is 4.98 Å². The molecule has 0 bridgehead atoms. The van der Waals surface area contributed by atoms with E-state index in [1.807, 2.05) is 13.8 Å². The lowest BCUT2D eigenvalue weighted by Crippen LogP contribution is -2.30. The molecule has 8 nitrogen and oxygen atoms in total. The van der Waals surface area contributed by atoms with E-state index < -0.39 is 16.9 Å². The van der Waals surface area contributed by atoms with Crippen LogP contribution in [0.15, 0.2) is 40.8 Å². The van der Waals surface area contributed by atoms with E-state index in [9.17, 15) is 19.7 Å². The highest BCUT2D eigenvalue weighted by molar-refractivity contribution is 7.17. The second kappa shape index (κ2) is 7.89. The Bertz CT molecular complexity index is 1090. The lowest BCUT2D eigenvalue weighted by atomic mass is 10.1. The van der Waals surface area contributed by atoms with Crippen molar-refractivity contribution in [2.45, 2.75) is 26.8 Å². The van der Waals surface area contributed by atoms with Crippen LogP contribution in [0.4, 0.5) is 5.69 Å². The fraction of sp³-hybridized carbons (Fsp3) is 0.316. The maximum atomic E-state index is 13.1. The van der Waals surface area contributed by atoms with Crippen LogP contribution in [0, 0.1) is 16.0 Å². The quantitative estimate of drug-likeness (QED) is 0.353. The average molecular weight is 401 g/mol. The number of nitro groups is 1. The highest BCUT2D eigenvalue weighted by Crippen LogP contribution is 2.31. The first-order chi connectivity index (χ1) is 13.3. The van der Waals surface area contributed by atoms with Gasteiger partial charge < -0.3 is 4.74 Å². The molecule has 2 heterocycles. The SMILES string of the molecule is CC(C)COC(=O)C(C)n1cnc2scc(-c3ccc([N+](=O)[O-])cc3)c2c1=O. The van der Waals surface area contributed by atoms with Crippen molar-refractivity contribution in [3.05, 3.63) is 56.4 Å². The second-order valence-corrected chi connectivity index (χ2v) is 7.65. The van der Waals surface area contributed by atoms with Gasteiger partial charge in [-0.15, -0.1) is 11.3 Å². The molecule has 28 heavy (non-hydrogen) atoms. The number of non-ortho nitro benzene ring substituents is 1. The number of thiophene rings is 1. The number of esters is 1. The van der Waals surface area contributed by atoms with Crippen LogP contribution in [-0.4, -0.2) is 27.1 Å². The van der Waals surface area contributed by atoms with Gasteiger partial charge in [0.05, 0.1) is 23.2 Å². The summed E-state index contributed by atoms with van der Waals surface area (Å²) >= 11 is 1.30. The predicted octanol–water partition coefficient (Wildman–Crippen LogP) is 3.79. The van der Waals surface area contributed by atoms with Crippen LogP contribution in [0.5, 0.6) is 0 Å². The van der Waals surface area contributed by atoms with E-state index in [-0.39, 0.29) is 23.8 Å². The van der Waals surface area contributed by atoms with Crippen molar-refractivity contribution in [3.63, 3.8) is 0 Å². The molecule has 3 aromatic rings. The van der Waals surface area contributed by atoms with Crippen LogP contribution in [0.25, 0.3) is 21.3 Å². The first-order valence-corrected chi connectivity index (χ1v) is 9.57. The molecule has 0 amide bonds. The van der Waals surface area contributed by atoms with Gasteiger partial charge in [0.1, 0.15) is 10.9 Å². The maximum Gasteiger partial charge on any atom is 0.329 e. The molecule has 0 aliphatic carbocycles. The normalized spacial score (nSPS) is 12.3. The molecule has 0 aliphatic rings. The van der Waals surface area contributed by atoms with Gasteiger partial charge in [0, 0.05) is 23.1 Å². The zero-order valence-electron chi connectivity index (χ0n) is 15.6. The Balaban J connectivity index is 2.01. The van der Waals surface area contributed by atoms with Gasteiger partial charge in [-0.1, -0.05) is 13.8 Å². The smallest absolute Gasteiger partial charge is 0.329 e. The third kappa shape index (κ3) is 3.79. The van der Waals surface area contributed by atoms with Crippen molar-refractivity contribution in [2.24, 2.45) is 5.92 Å². The fourth-order valence-electron chi connectivity index (χ4n) is 2.68. The van der Waals surface area contributed by atoms with Crippen molar-refractivity contribution < 1.29 is 14.5 Å². The monoisotopic (exact) mass is 401 g/mol. The van der Waals surface area contributed by atoms with Crippen LogP contribution in [0.2, 0.25) is 0 Å². The van der Waals surface area contributed by atoms with Gasteiger partial charge in [0.25, 0.3) is 11.2 Å². The van der Waals surface area contributed by atoms with Crippen molar-refractivity contribution in [1.29, 1.82) is 0 Å². The number of aromatic nitrogens is 2. The minimum Gasteiger partial charge on any atom is -0.464 e. The van der Waals surface area contributed by atoms with Gasteiger partial charge in [-0.3, -0.25) is 19.5 Å². The summed E-state index contributed by atoms with van der Waals surface area (Å²) in [6, 6.07) is 5.15. The highest BCUT2D eigenvalue weighted by Gasteiger charge is 2.21. The molecule has 0 aliphatic heterocycles. The van der Waals surface area contributed by atoms with E-state index in [0.717, 1.165) is 0 Å². The molecule has 0 saturated heterocycles. The van der Waals surface area contributed by atoms with E-state index in [1.54, 1.807) is 24.4 Å². The van der Waals surface area contributed by atoms with Crippen molar-refractivity contribution >= 4 is 33.2 Å². The maximum absolute atomic E-state index is 13.1. The zero-order chi connectivity index (χ0) is 20.4. The molecular formula is C19H19N3O5S. The standard InChI is InChI=1S/C19H19N3O5S/c1-11(2)8-27-19(24)12(3)21-10-20-17-16(18(21)23)15(9-28-17)13-4-6-14(7-5-13)22(25)26/h4-7,9-12H,8H2,1-3H3. The zero-order valence-corrected chi connectivity index (χ0v) is 16.4. The average Bonchev–Trinajstić information content (AvgIpc) is 3.11. The minimum absolute atomic E-state index is 0.0275. The Morgan fingerprint density at radius 2 is 1.96 bits per heavy atom. The molecular weight excluding hydrogens is 382 g/mol. The van der Waals surface area contributed by atoms with E-state index >= 15 is 0 Å². The Morgan fingerprint density at radius 3 is 2.57 bits per heavy atom. The summed E-state index contributed by atoms with van der Waals surface area (Å²) in [7, 11) is 0. The number of nitrogens with zero attached hydrogens (tertiary/aromatic N) is 3. The van der Waals surface area contributed by atoms with E-state index in [1.165, 1.54) is 34.4 Å². The molecule has 0 N–H and O–H groups in total. The summed E-state index contributed by atoms with van der Waals surface area (Å²) in [5, 5.41) is 13.0. The number of carbonyl (C=O) groups excluding carboxylic acids is 1. The molecule has 0 saturated carbocycles. The van der Waals surface area contributed by atoms with Crippen LogP contribution in [-0.2, 0) is 9.53 Å². The van der Waals surface area contributed by atoms with Gasteiger partial charge in [-0.05, 0) is 30.5 Å². The van der Waals surface area contributed by atoms with Gasteiger partial charge in [0.2, 0.25) is 0 Å². The molecule has 0 fully saturated rings. The largest absolute Gasteiger partial charge is 0.464 e. The number of rotatable bonds is 6. The number of nitro benzene ring substituents is 1. The van der Waals surface area contributed by atoms with Gasteiger partial charge in [-0.2, -0.15) is 0 Å². The second-order valence-electron chi connectivity index (χ2n) is 6.79. The molecule has 146 valence electrons. The van der Waals surface area contributed by atoms with Crippen LogP contribution in [0.1, 0.15) is 26.8 Å². The Kier molecular flexibility index (Phi) is 5.55. The lowest BCUT2D eigenvalue weighted by Gasteiger charge is -2.15. The van der Waals surface area contributed by atoms with Crippen LogP contribution < -0.4 is 5.56 Å². The molecule has 2 aromatic heterocycles. The highest BCUT2D eigenvalue weighted by atomic mass is 32.1. The summed E-state index contributed by atoms with van der Waals surface area (Å²) in [5.74, 6) is -0.303. The number of hydrogen-bond acceptors (Lipinski definition) is 7. The third-order valence-corrected chi connectivity index (χ3v) is 5.11. The molecule has 0 spiro atoms. The Hall–Kier alpha value is -3.07. The van der Waals surface area contributed by atoms with Crippen LogP contribution >= 0.6 is 11.3 Å². The summed E-state index contributed by atoms with van der Waals surface area (Å²) in [6.07, 6.45) is 1.35. The predicted molar refractivity (Wildman–Crippen MR) is 106 cm³/mol. The molecule has 3 rings (SSSR count). The number of fused-ring (bicyclic) bond motifs is 1. The number of benzene rings is 1. The topological polar surface area (TPSA) is 104 Å². The number of hydrogen-bond donors (Lipinski definition) is 0. The van der Waals surface area contributed by atoms with Crippen LogP contribution in [0.3, 0.4) is 0 Å². The molecule has 1 atom stereocenters. The lowest BCUT2D eigenvalue weighted by molar-refractivity contribution is -0.384. The van der Waals surface area contributed by atoms with Gasteiger partial charge in [0.15, 0.2) is 0 Å². The van der Waals surface area contributed by atoms with E-state index in [4.69, 9.17) is 4.74 Å². The Labute approximate surface area is 164 Å². The minimum atomic E-state index is -0.812. The summed E-state index contributed by atoms with van der Waals surface area (Å²) in [4.78, 5) is 40.5. The summed E-state index contributed by atoms with van der Waals surface area (Å²) in [6.45, 7) is 5.73. The molecule has 1 aromatic carbocycles. The third-order valence-electron chi connectivity index (χ3n) is 4.23. The van der Waals surface area contributed by atoms with Gasteiger partial charge >= 0.3 is 5.97 Å². The molecule has 9 heteroatoms. The number of carbonyl (C=O) groups is 1.